The molecule has 1 atom stereocenters. The maximum atomic E-state index is 13.2. The quantitative estimate of drug-likeness (QED) is 0.702. The summed E-state index contributed by atoms with van der Waals surface area (Å²) in [4.78, 5) is 3.76. The van der Waals surface area contributed by atoms with E-state index in [2.05, 4.69) is 4.98 Å². The number of hydrogen-bond donors (Lipinski definition) is 0. The number of aryl methyl sites for hydroxylation is 1. The lowest BCUT2D eigenvalue weighted by molar-refractivity contribution is -0.155. The predicted molar refractivity (Wildman–Crippen MR) is 80.2 cm³/mol. The molecular weight excluding hydrogens is 347 g/mol. The molecule has 0 fully saturated rings. The highest BCUT2D eigenvalue weighted by Gasteiger charge is 2.44. The molecule has 0 spiro atoms. The molecule has 24 heavy (non-hydrogen) atoms. The number of oxazole rings is 1. The molecule has 0 aliphatic heterocycles. The van der Waals surface area contributed by atoms with E-state index in [9.17, 15) is 21.6 Å². The molecule has 9 heteroatoms. The Bertz CT molecular complexity index is 757. The average Bonchev–Trinajstić information content (AvgIpc) is 2.95. The van der Waals surface area contributed by atoms with Crippen LogP contribution in [0.3, 0.4) is 0 Å². The van der Waals surface area contributed by atoms with Crippen LogP contribution < -0.4 is 4.18 Å². The number of benzene rings is 1. The summed E-state index contributed by atoms with van der Waals surface area (Å²) in [6, 6.07) is 7.58. The zero-order valence-electron chi connectivity index (χ0n) is 12.8. The largest absolute Gasteiger partial charge is 0.448 e. The van der Waals surface area contributed by atoms with Crippen molar-refractivity contribution in [1.29, 1.82) is 0 Å². The summed E-state index contributed by atoms with van der Waals surface area (Å²) in [7, 11) is -4.17. The number of alkyl halides is 3. The van der Waals surface area contributed by atoms with E-state index in [1.165, 1.54) is 12.1 Å². The smallest absolute Gasteiger partial charge is 0.400 e. The lowest BCUT2D eigenvalue weighted by Crippen LogP contribution is -2.25. The molecule has 2 aromatic rings. The van der Waals surface area contributed by atoms with E-state index in [0.717, 1.165) is 6.26 Å². The Balaban J connectivity index is 2.10. The van der Waals surface area contributed by atoms with Crippen molar-refractivity contribution >= 4 is 10.1 Å². The summed E-state index contributed by atoms with van der Waals surface area (Å²) in [5.74, 6) is -3.40. The SMILES string of the molecule is CCc1coc(C(CCS(=O)(=O)Oc2ccccc2)C(F)(F)F)n1. The van der Waals surface area contributed by atoms with Gasteiger partial charge in [0.15, 0.2) is 0 Å². The molecule has 1 heterocycles. The average molecular weight is 363 g/mol. The van der Waals surface area contributed by atoms with Crippen LogP contribution in [-0.2, 0) is 16.5 Å². The maximum absolute atomic E-state index is 13.2. The van der Waals surface area contributed by atoms with Crippen LogP contribution in [-0.4, -0.2) is 25.3 Å². The summed E-state index contributed by atoms with van der Waals surface area (Å²) < 4.78 is 73.0. The van der Waals surface area contributed by atoms with E-state index in [-0.39, 0.29) is 5.75 Å². The number of para-hydroxylation sites is 1. The zero-order valence-corrected chi connectivity index (χ0v) is 13.6. The van der Waals surface area contributed by atoms with Gasteiger partial charge >= 0.3 is 16.3 Å². The van der Waals surface area contributed by atoms with Gasteiger partial charge in [-0.3, -0.25) is 0 Å². The molecule has 5 nitrogen and oxygen atoms in total. The standard InChI is InChI=1S/C15H16F3NO4S/c1-2-11-10-22-14(19-11)13(15(16,17)18)8-9-24(20,21)23-12-6-4-3-5-7-12/h3-7,10,13H,2,8-9H2,1H3. The minimum atomic E-state index is -4.67. The summed E-state index contributed by atoms with van der Waals surface area (Å²) in [6.07, 6.45) is -3.84. The number of aromatic nitrogens is 1. The zero-order chi connectivity index (χ0) is 17.8. The Morgan fingerprint density at radius 2 is 1.92 bits per heavy atom. The fourth-order valence-corrected chi connectivity index (χ4v) is 3.01. The second-order valence-corrected chi connectivity index (χ2v) is 6.76. The maximum Gasteiger partial charge on any atom is 0.400 e. The van der Waals surface area contributed by atoms with Crippen LogP contribution in [0.25, 0.3) is 0 Å². The molecule has 1 unspecified atom stereocenters. The van der Waals surface area contributed by atoms with Crippen LogP contribution in [0, 0.1) is 0 Å². The van der Waals surface area contributed by atoms with Gasteiger partial charge in [0.25, 0.3) is 0 Å². The molecule has 0 saturated heterocycles. The molecule has 1 aromatic heterocycles. The van der Waals surface area contributed by atoms with Crippen molar-refractivity contribution < 1.29 is 30.2 Å². The van der Waals surface area contributed by atoms with E-state index in [1.807, 2.05) is 0 Å². The van der Waals surface area contributed by atoms with Crippen LogP contribution in [0.4, 0.5) is 13.2 Å². The Kier molecular flexibility index (Phi) is 5.53. The van der Waals surface area contributed by atoms with Gasteiger partial charge in [-0.1, -0.05) is 25.1 Å². The van der Waals surface area contributed by atoms with Gasteiger partial charge in [-0.05, 0) is 25.0 Å². The van der Waals surface area contributed by atoms with Crippen LogP contribution in [0.5, 0.6) is 5.75 Å². The van der Waals surface area contributed by atoms with Crippen LogP contribution in [0.1, 0.15) is 30.8 Å². The van der Waals surface area contributed by atoms with Crippen molar-refractivity contribution in [1.82, 2.24) is 4.98 Å². The minimum absolute atomic E-state index is 0.0467. The Morgan fingerprint density at radius 1 is 1.25 bits per heavy atom. The van der Waals surface area contributed by atoms with Crippen LogP contribution >= 0.6 is 0 Å². The Morgan fingerprint density at radius 3 is 2.46 bits per heavy atom. The van der Waals surface area contributed by atoms with Crippen molar-refractivity contribution in [2.45, 2.75) is 31.9 Å². The molecule has 0 saturated carbocycles. The van der Waals surface area contributed by atoms with E-state index >= 15 is 0 Å². The summed E-state index contributed by atoms with van der Waals surface area (Å²) >= 11 is 0. The van der Waals surface area contributed by atoms with E-state index < -0.39 is 40.3 Å². The van der Waals surface area contributed by atoms with Crippen molar-refractivity contribution in [2.24, 2.45) is 0 Å². The normalized spacial score (nSPS) is 13.7. The summed E-state index contributed by atoms with van der Waals surface area (Å²) in [5, 5.41) is 0. The van der Waals surface area contributed by atoms with Gasteiger partial charge in [-0.25, -0.2) is 4.98 Å². The Hall–Kier alpha value is -2.03. The van der Waals surface area contributed by atoms with E-state index in [1.54, 1.807) is 25.1 Å². The lowest BCUT2D eigenvalue weighted by atomic mass is 10.1. The first-order valence-electron chi connectivity index (χ1n) is 7.19. The molecule has 1 aromatic carbocycles. The van der Waals surface area contributed by atoms with Gasteiger partial charge in [0.1, 0.15) is 17.9 Å². The molecule has 0 aliphatic rings. The highest BCUT2D eigenvalue weighted by Crippen LogP contribution is 2.37. The van der Waals surface area contributed by atoms with Crippen molar-refractivity contribution in [3.63, 3.8) is 0 Å². The first-order chi connectivity index (χ1) is 11.2. The fraction of sp³-hybridized carbons (Fsp3) is 0.400. The second-order valence-electron chi connectivity index (χ2n) is 5.07. The minimum Gasteiger partial charge on any atom is -0.448 e. The third kappa shape index (κ3) is 4.98. The second kappa shape index (κ2) is 7.25. The van der Waals surface area contributed by atoms with E-state index in [4.69, 9.17) is 8.60 Å². The highest BCUT2D eigenvalue weighted by molar-refractivity contribution is 7.87. The van der Waals surface area contributed by atoms with Crippen LogP contribution in [0.2, 0.25) is 0 Å². The van der Waals surface area contributed by atoms with Gasteiger partial charge in [-0.2, -0.15) is 21.6 Å². The molecule has 0 radical (unpaired) electrons. The van der Waals surface area contributed by atoms with Gasteiger partial charge in [0, 0.05) is 0 Å². The van der Waals surface area contributed by atoms with Crippen LogP contribution in [0.15, 0.2) is 41.0 Å². The molecule has 0 N–H and O–H groups in total. The molecular formula is C15H16F3NO4S. The Labute approximate surface area is 137 Å². The van der Waals surface area contributed by atoms with Gasteiger partial charge in [0.05, 0.1) is 11.4 Å². The monoisotopic (exact) mass is 363 g/mol. The number of nitrogens with zero attached hydrogens (tertiary/aromatic N) is 1. The summed E-state index contributed by atoms with van der Waals surface area (Å²) in [6.45, 7) is 1.72. The van der Waals surface area contributed by atoms with Crippen molar-refractivity contribution in [3.8, 4) is 5.75 Å². The first-order valence-corrected chi connectivity index (χ1v) is 8.77. The van der Waals surface area contributed by atoms with Gasteiger partial charge in [0.2, 0.25) is 5.89 Å². The predicted octanol–water partition coefficient (Wildman–Crippen LogP) is 3.68. The fourth-order valence-electron chi connectivity index (χ4n) is 2.00. The highest BCUT2D eigenvalue weighted by atomic mass is 32.2. The van der Waals surface area contributed by atoms with E-state index in [0.29, 0.717) is 12.1 Å². The number of hydrogen-bond acceptors (Lipinski definition) is 5. The molecule has 2 rings (SSSR count). The third-order valence-electron chi connectivity index (χ3n) is 3.25. The van der Waals surface area contributed by atoms with Crippen molar-refractivity contribution in [3.05, 3.63) is 48.2 Å². The summed E-state index contributed by atoms with van der Waals surface area (Å²) in [5.41, 5.74) is 0.377. The molecule has 0 amide bonds. The number of halogens is 3. The first kappa shape index (κ1) is 18.3. The topological polar surface area (TPSA) is 69.4 Å². The lowest BCUT2D eigenvalue weighted by Gasteiger charge is -2.17. The third-order valence-corrected chi connectivity index (χ3v) is 4.43. The molecule has 0 bridgehead atoms. The molecule has 132 valence electrons. The number of rotatable bonds is 7. The van der Waals surface area contributed by atoms with Gasteiger partial charge < -0.3 is 8.60 Å². The van der Waals surface area contributed by atoms with Crippen molar-refractivity contribution in [2.75, 3.05) is 5.75 Å². The molecule has 0 aliphatic carbocycles. The van der Waals surface area contributed by atoms with Gasteiger partial charge in [-0.15, -0.1) is 0 Å².